The van der Waals surface area contributed by atoms with E-state index >= 15 is 0 Å². The van der Waals surface area contributed by atoms with E-state index in [2.05, 4.69) is 0 Å². The summed E-state index contributed by atoms with van der Waals surface area (Å²) in [5, 5.41) is 10.3. The van der Waals surface area contributed by atoms with Crippen LogP contribution in [0, 0.1) is 23.2 Å². The highest BCUT2D eigenvalue weighted by Gasteiger charge is 2.56. The van der Waals surface area contributed by atoms with E-state index < -0.39 is 0 Å². The van der Waals surface area contributed by atoms with Gasteiger partial charge in [-0.1, -0.05) is 6.42 Å². The van der Waals surface area contributed by atoms with Gasteiger partial charge in [-0.3, -0.25) is 9.59 Å². The maximum absolute atomic E-state index is 13.0. The summed E-state index contributed by atoms with van der Waals surface area (Å²) in [5.74, 6) is 0.976. The van der Waals surface area contributed by atoms with Crippen LogP contribution in [-0.2, 0) is 14.3 Å². The van der Waals surface area contributed by atoms with Crippen LogP contribution in [0.1, 0.15) is 58.3 Å². The summed E-state index contributed by atoms with van der Waals surface area (Å²) in [5.41, 5.74) is -0.133. The van der Waals surface area contributed by atoms with Crippen LogP contribution < -0.4 is 0 Å². The molecule has 3 saturated carbocycles. The molecule has 5 nitrogen and oxygen atoms in total. The third-order valence-electron chi connectivity index (χ3n) is 7.51. The first-order valence-corrected chi connectivity index (χ1v) is 10.2. The maximum atomic E-state index is 13.0. The Morgan fingerprint density at radius 3 is 2.40 bits per heavy atom. The number of amides is 1. The topological polar surface area (TPSA) is 66.8 Å². The monoisotopic (exact) mass is 349 g/mol. The Balaban J connectivity index is 1.36. The molecular weight excluding hydrogens is 318 g/mol. The van der Waals surface area contributed by atoms with Gasteiger partial charge >= 0.3 is 0 Å². The summed E-state index contributed by atoms with van der Waals surface area (Å²) in [6.07, 6.45) is 6.89. The standard InChI is InChI=1S/C20H31NO4/c1-2-25-17-12-16(22)20(17)6-8-21(9-7-20)19(24)15-10-13-4-3-5-14(11-15)18(13)23/h13-17,22H,2-12H2,1H3/t13-,14+,15?,16-,17+/m1/s1. The number of hydrogen-bond acceptors (Lipinski definition) is 4. The summed E-state index contributed by atoms with van der Waals surface area (Å²) in [4.78, 5) is 27.3. The number of ether oxygens (including phenoxy) is 1. The van der Waals surface area contributed by atoms with Crippen molar-refractivity contribution >= 4 is 11.7 Å². The van der Waals surface area contributed by atoms with Crippen molar-refractivity contribution < 1.29 is 19.4 Å². The maximum Gasteiger partial charge on any atom is 0.225 e. The van der Waals surface area contributed by atoms with E-state index in [4.69, 9.17) is 4.74 Å². The van der Waals surface area contributed by atoms with Crippen LogP contribution in [0.25, 0.3) is 0 Å². The number of rotatable bonds is 3. The quantitative estimate of drug-likeness (QED) is 0.848. The molecule has 25 heavy (non-hydrogen) atoms. The summed E-state index contributed by atoms with van der Waals surface area (Å²) in [6, 6.07) is 0. The molecule has 1 unspecified atom stereocenters. The van der Waals surface area contributed by atoms with Gasteiger partial charge in [0.25, 0.3) is 0 Å². The number of fused-ring (bicyclic) bond motifs is 2. The molecule has 4 fully saturated rings. The number of likely N-dealkylation sites (tertiary alicyclic amines) is 1. The van der Waals surface area contributed by atoms with Gasteiger partial charge in [0.05, 0.1) is 12.2 Å². The van der Waals surface area contributed by atoms with Crippen LogP contribution in [0.15, 0.2) is 0 Å². The number of carbonyl (C=O) groups is 2. The molecule has 4 aliphatic rings. The summed E-state index contributed by atoms with van der Waals surface area (Å²) in [7, 11) is 0. The van der Waals surface area contributed by atoms with Crippen LogP contribution in [0.4, 0.5) is 0 Å². The molecule has 0 aromatic heterocycles. The molecule has 1 saturated heterocycles. The van der Waals surface area contributed by atoms with Crippen molar-refractivity contribution in [3.63, 3.8) is 0 Å². The Kier molecular flexibility index (Phi) is 4.65. The molecule has 1 spiro atoms. The minimum Gasteiger partial charge on any atom is -0.392 e. The Morgan fingerprint density at radius 1 is 1.20 bits per heavy atom. The number of hydrogen-bond donors (Lipinski definition) is 1. The van der Waals surface area contributed by atoms with Gasteiger partial charge in [-0.2, -0.15) is 0 Å². The zero-order valence-corrected chi connectivity index (χ0v) is 15.3. The minimum absolute atomic E-state index is 0.0380. The van der Waals surface area contributed by atoms with Gasteiger partial charge < -0.3 is 14.7 Å². The highest BCUT2D eigenvalue weighted by Crippen LogP contribution is 2.51. The first kappa shape index (κ1) is 17.5. The zero-order valence-electron chi connectivity index (χ0n) is 15.3. The average molecular weight is 349 g/mol. The third-order valence-corrected chi connectivity index (χ3v) is 7.51. The largest absolute Gasteiger partial charge is 0.392 e. The lowest BCUT2D eigenvalue weighted by Crippen LogP contribution is -2.63. The molecule has 1 heterocycles. The van der Waals surface area contributed by atoms with Crippen LogP contribution in [0.2, 0.25) is 0 Å². The molecule has 5 atom stereocenters. The minimum atomic E-state index is -0.284. The van der Waals surface area contributed by atoms with Crippen molar-refractivity contribution in [3.8, 4) is 0 Å². The number of Topliss-reactive ketones (excluding diaryl/α,β-unsaturated/α-hetero) is 1. The van der Waals surface area contributed by atoms with E-state index in [1.54, 1.807) is 0 Å². The van der Waals surface area contributed by atoms with Crippen molar-refractivity contribution in [2.75, 3.05) is 19.7 Å². The van der Waals surface area contributed by atoms with Gasteiger partial charge in [0.2, 0.25) is 5.91 Å². The molecule has 140 valence electrons. The summed E-state index contributed by atoms with van der Waals surface area (Å²) in [6.45, 7) is 4.12. The predicted octanol–water partition coefficient (Wildman–Crippen LogP) is 2.16. The van der Waals surface area contributed by atoms with E-state index in [1.807, 2.05) is 11.8 Å². The van der Waals surface area contributed by atoms with E-state index in [-0.39, 0.29) is 41.3 Å². The van der Waals surface area contributed by atoms with Crippen LogP contribution >= 0.6 is 0 Å². The van der Waals surface area contributed by atoms with E-state index in [1.165, 1.54) is 0 Å². The Labute approximate surface area is 150 Å². The normalized spacial score (nSPS) is 40.0. The molecule has 1 amide bonds. The van der Waals surface area contributed by atoms with E-state index in [9.17, 15) is 14.7 Å². The summed E-state index contributed by atoms with van der Waals surface area (Å²) < 4.78 is 5.81. The van der Waals surface area contributed by atoms with Crippen molar-refractivity contribution in [2.24, 2.45) is 23.2 Å². The molecule has 0 radical (unpaired) electrons. The second kappa shape index (κ2) is 6.66. The lowest BCUT2D eigenvalue weighted by Gasteiger charge is -2.56. The fraction of sp³-hybridized carbons (Fsp3) is 0.900. The van der Waals surface area contributed by atoms with Gasteiger partial charge in [-0.05, 0) is 45.4 Å². The number of aliphatic hydroxyl groups is 1. The van der Waals surface area contributed by atoms with Gasteiger partial charge in [0.1, 0.15) is 5.78 Å². The number of aliphatic hydroxyl groups excluding tert-OH is 1. The van der Waals surface area contributed by atoms with Crippen LogP contribution in [0.3, 0.4) is 0 Å². The van der Waals surface area contributed by atoms with Gasteiger partial charge in [-0.15, -0.1) is 0 Å². The number of carbonyl (C=O) groups excluding carboxylic acids is 2. The number of ketones is 1. The summed E-state index contributed by atoms with van der Waals surface area (Å²) >= 11 is 0. The van der Waals surface area contributed by atoms with E-state index in [0.717, 1.165) is 64.5 Å². The Morgan fingerprint density at radius 2 is 1.84 bits per heavy atom. The number of nitrogens with zero attached hydrogens (tertiary/aromatic N) is 1. The van der Waals surface area contributed by atoms with Crippen LogP contribution in [0.5, 0.6) is 0 Å². The van der Waals surface area contributed by atoms with Gasteiger partial charge in [-0.25, -0.2) is 0 Å². The predicted molar refractivity (Wildman–Crippen MR) is 92.8 cm³/mol. The van der Waals surface area contributed by atoms with Gasteiger partial charge in [0.15, 0.2) is 0 Å². The molecule has 0 aromatic rings. The van der Waals surface area contributed by atoms with Crippen molar-refractivity contribution in [1.82, 2.24) is 4.90 Å². The molecule has 1 aliphatic heterocycles. The van der Waals surface area contributed by atoms with Crippen molar-refractivity contribution in [1.29, 1.82) is 0 Å². The van der Waals surface area contributed by atoms with Crippen LogP contribution in [-0.4, -0.2) is 53.6 Å². The van der Waals surface area contributed by atoms with Crippen molar-refractivity contribution in [2.45, 2.75) is 70.5 Å². The Bertz CT molecular complexity index is 522. The lowest BCUT2D eigenvalue weighted by molar-refractivity contribution is -0.210. The Hall–Kier alpha value is -0.940. The second-order valence-corrected chi connectivity index (χ2v) is 8.65. The fourth-order valence-electron chi connectivity index (χ4n) is 5.90. The molecule has 4 rings (SSSR count). The average Bonchev–Trinajstić information content (AvgIpc) is 2.61. The molecule has 1 N–H and O–H groups in total. The highest BCUT2D eigenvalue weighted by atomic mass is 16.5. The fourth-order valence-corrected chi connectivity index (χ4v) is 5.90. The molecule has 5 heteroatoms. The first-order valence-electron chi connectivity index (χ1n) is 10.2. The SMILES string of the molecule is CCO[C@H]1C[C@@H](O)C12CCN(C(=O)C1C[C@H]3CCC[C@@H](C1)C3=O)CC2. The highest BCUT2D eigenvalue weighted by molar-refractivity contribution is 5.88. The third kappa shape index (κ3) is 2.84. The molecule has 3 aliphatic carbocycles. The smallest absolute Gasteiger partial charge is 0.225 e. The second-order valence-electron chi connectivity index (χ2n) is 8.65. The lowest BCUT2D eigenvalue weighted by atomic mass is 9.58. The molecule has 0 aromatic carbocycles. The molecule has 2 bridgehead atoms. The zero-order chi connectivity index (χ0) is 17.6. The first-order chi connectivity index (χ1) is 12.0. The molecular formula is C20H31NO4. The van der Waals surface area contributed by atoms with E-state index in [0.29, 0.717) is 12.4 Å². The van der Waals surface area contributed by atoms with Gasteiger partial charge in [0, 0.05) is 49.3 Å². The van der Waals surface area contributed by atoms with Crippen molar-refractivity contribution in [3.05, 3.63) is 0 Å². The number of piperidine rings is 1.